The third-order valence-electron chi connectivity index (χ3n) is 8.01. The van der Waals surface area contributed by atoms with Crippen molar-refractivity contribution in [2.24, 2.45) is 0 Å². The third-order valence-corrected chi connectivity index (χ3v) is 8.01. The highest BCUT2D eigenvalue weighted by atomic mass is 19.1. The highest BCUT2D eigenvalue weighted by Crippen LogP contribution is 2.45. The Bertz CT molecular complexity index is 1660. The molecule has 37 heavy (non-hydrogen) atoms. The van der Waals surface area contributed by atoms with E-state index < -0.39 is 41.0 Å². The predicted octanol–water partition coefficient (Wildman–Crippen LogP) is 2.01. The molecule has 2 aromatic heterocycles. The number of ether oxygens (including phenoxy) is 1. The normalized spacial score (nSPS) is 23.5. The van der Waals surface area contributed by atoms with E-state index in [9.17, 15) is 29.0 Å². The molecule has 10 heteroatoms. The minimum absolute atomic E-state index is 0.0000117. The SMILES string of the molecule is [2H]C(C)(O)C(=O)N[C@@H]1CCc2c(C)c(F)cc3nc4c(c1c23)Cn1c-4cc2c(c1=O)COC(=O)[C@]2(O)CC. The molecule has 9 nitrogen and oxygen atoms in total. The first-order valence-electron chi connectivity index (χ1n) is 12.7. The van der Waals surface area contributed by atoms with Crippen molar-refractivity contribution in [1.29, 1.82) is 0 Å². The van der Waals surface area contributed by atoms with Gasteiger partial charge in [-0.15, -0.1) is 0 Å². The van der Waals surface area contributed by atoms with Crippen molar-refractivity contribution in [3.63, 3.8) is 0 Å². The van der Waals surface area contributed by atoms with E-state index in [0.29, 0.717) is 51.8 Å². The van der Waals surface area contributed by atoms with E-state index in [1.54, 1.807) is 19.9 Å². The van der Waals surface area contributed by atoms with Crippen LogP contribution in [0.2, 0.25) is 0 Å². The number of hydrogen-bond donors (Lipinski definition) is 3. The number of aromatic nitrogens is 2. The van der Waals surface area contributed by atoms with Crippen LogP contribution in [0.25, 0.3) is 22.3 Å². The summed E-state index contributed by atoms with van der Waals surface area (Å²) in [4.78, 5) is 43.4. The van der Waals surface area contributed by atoms with Gasteiger partial charge in [0.05, 0.1) is 36.4 Å². The molecule has 3 aliphatic rings. The zero-order chi connectivity index (χ0) is 27.3. The van der Waals surface area contributed by atoms with E-state index in [4.69, 9.17) is 11.1 Å². The molecule has 0 saturated heterocycles. The smallest absolute Gasteiger partial charge is 0.343 e. The number of carbonyl (C=O) groups excluding carboxylic acids is 2. The zero-order valence-electron chi connectivity index (χ0n) is 21.6. The van der Waals surface area contributed by atoms with Crippen LogP contribution in [0.4, 0.5) is 4.39 Å². The van der Waals surface area contributed by atoms with E-state index in [1.807, 2.05) is 0 Å². The summed E-state index contributed by atoms with van der Waals surface area (Å²) in [5.74, 6) is -2.13. The molecule has 1 amide bonds. The third kappa shape index (κ3) is 3.15. The number of cyclic esters (lactones) is 1. The van der Waals surface area contributed by atoms with E-state index in [-0.39, 0.29) is 30.7 Å². The molecule has 0 radical (unpaired) electrons. The van der Waals surface area contributed by atoms with Crippen LogP contribution < -0.4 is 10.9 Å². The van der Waals surface area contributed by atoms with Crippen LogP contribution in [-0.4, -0.2) is 37.7 Å². The van der Waals surface area contributed by atoms with Gasteiger partial charge in [0.1, 0.15) is 18.5 Å². The minimum atomic E-state index is -2.36. The molecule has 3 N–H and O–H groups in total. The fourth-order valence-electron chi connectivity index (χ4n) is 5.96. The van der Waals surface area contributed by atoms with Crippen LogP contribution >= 0.6 is 0 Å². The van der Waals surface area contributed by atoms with Crippen molar-refractivity contribution in [1.82, 2.24) is 14.9 Å². The summed E-state index contributed by atoms with van der Waals surface area (Å²) < 4.78 is 29.3. The Hall–Kier alpha value is -3.63. The van der Waals surface area contributed by atoms with Crippen LogP contribution in [0, 0.1) is 12.7 Å². The standard InChI is InChI=1S/C27H26FN3O6/c1-4-27(36)16-7-20-23-14(9-31(20)25(34)15(16)10-37-26(27)35)22-18(30-24(33)12(3)32)6-5-13-11(2)17(28)8-19(29-23)21(13)22/h7-8,12,18,32,36H,4-6,9-10H2,1-3H3,(H,30,33)/t12?,18-,27+/m1/s1/i12D. The molecule has 0 spiro atoms. The van der Waals surface area contributed by atoms with Crippen molar-refractivity contribution in [2.45, 2.75) is 70.9 Å². The number of aliphatic hydroxyl groups is 2. The lowest BCUT2D eigenvalue weighted by Crippen LogP contribution is -2.44. The molecule has 3 aromatic rings. The van der Waals surface area contributed by atoms with Gasteiger partial charge in [-0.3, -0.25) is 9.59 Å². The molecule has 0 saturated carbocycles. The van der Waals surface area contributed by atoms with Crippen LogP contribution in [0.3, 0.4) is 0 Å². The summed E-state index contributed by atoms with van der Waals surface area (Å²) in [5, 5.41) is 24.5. The minimum Gasteiger partial charge on any atom is -0.458 e. The number of hydrogen-bond acceptors (Lipinski definition) is 7. The molecule has 192 valence electrons. The number of halogens is 1. The molecule has 2 aliphatic heterocycles. The average molecular weight is 509 g/mol. The number of rotatable bonds is 3. The fourth-order valence-corrected chi connectivity index (χ4v) is 5.96. The van der Waals surface area contributed by atoms with Gasteiger partial charge in [0, 0.05) is 22.6 Å². The zero-order valence-corrected chi connectivity index (χ0v) is 20.6. The largest absolute Gasteiger partial charge is 0.458 e. The molecular weight excluding hydrogens is 481 g/mol. The van der Waals surface area contributed by atoms with Gasteiger partial charge in [0.15, 0.2) is 5.60 Å². The molecule has 1 unspecified atom stereocenters. The summed E-state index contributed by atoms with van der Waals surface area (Å²) in [6.45, 7) is 4.22. The molecular formula is C27H26FN3O6. The van der Waals surface area contributed by atoms with Gasteiger partial charge in [-0.05, 0) is 55.9 Å². The van der Waals surface area contributed by atoms with Crippen molar-refractivity contribution < 1.29 is 30.3 Å². The van der Waals surface area contributed by atoms with Gasteiger partial charge in [0.2, 0.25) is 5.91 Å². The van der Waals surface area contributed by atoms with E-state index in [1.165, 1.54) is 10.6 Å². The number of fused-ring (bicyclic) bond motifs is 5. The van der Waals surface area contributed by atoms with Crippen molar-refractivity contribution in [3.8, 4) is 11.4 Å². The first kappa shape index (κ1) is 22.6. The Morgan fingerprint density at radius 3 is 2.84 bits per heavy atom. The van der Waals surface area contributed by atoms with Gasteiger partial charge in [0.25, 0.3) is 5.56 Å². The lowest BCUT2D eigenvalue weighted by molar-refractivity contribution is -0.172. The number of aryl methyl sites for hydroxylation is 1. The van der Waals surface area contributed by atoms with Crippen molar-refractivity contribution in [2.75, 3.05) is 0 Å². The van der Waals surface area contributed by atoms with Crippen LogP contribution in [0.15, 0.2) is 16.9 Å². The average Bonchev–Trinajstić information content (AvgIpc) is 3.23. The van der Waals surface area contributed by atoms with Gasteiger partial charge in [-0.25, -0.2) is 14.2 Å². The summed E-state index contributed by atoms with van der Waals surface area (Å²) in [6, 6.07) is 2.28. The van der Waals surface area contributed by atoms with Crippen LogP contribution in [0.5, 0.6) is 0 Å². The monoisotopic (exact) mass is 508 g/mol. The second kappa shape index (κ2) is 7.93. The van der Waals surface area contributed by atoms with Gasteiger partial charge < -0.3 is 24.8 Å². The highest BCUT2D eigenvalue weighted by Gasteiger charge is 2.46. The first-order chi connectivity index (χ1) is 17.9. The van der Waals surface area contributed by atoms with E-state index >= 15 is 0 Å². The lowest BCUT2D eigenvalue weighted by atomic mass is 9.81. The lowest BCUT2D eigenvalue weighted by Gasteiger charge is -2.31. The van der Waals surface area contributed by atoms with Gasteiger partial charge in [-0.2, -0.15) is 0 Å². The molecule has 3 atom stereocenters. The van der Waals surface area contributed by atoms with E-state index in [0.717, 1.165) is 12.5 Å². The molecule has 1 aliphatic carbocycles. The predicted molar refractivity (Wildman–Crippen MR) is 130 cm³/mol. The number of carbonyl (C=O) groups is 2. The Morgan fingerprint density at radius 1 is 1.38 bits per heavy atom. The fraction of sp³-hybridized carbons (Fsp3) is 0.407. The highest BCUT2D eigenvalue weighted by molar-refractivity contribution is 5.94. The maximum Gasteiger partial charge on any atom is 0.343 e. The Balaban J connectivity index is 1.64. The number of nitrogens with one attached hydrogen (secondary N) is 1. The van der Waals surface area contributed by atoms with Crippen molar-refractivity contribution >= 4 is 22.8 Å². The number of benzene rings is 1. The summed E-state index contributed by atoms with van der Waals surface area (Å²) in [5.41, 5.74) is 1.58. The van der Waals surface area contributed by atoms with Crippen LogP contribution in [0.1, 0.15) is 67.5 Å². The Kier molecular flexibility index (Phi) is 4.84. The summed E-state index contributed by atoms with van der Waals surface area (Å²) in [7, 11) is 0. The van der Waals surface area contributed by atoms with Gasteiger partial charge >= 0.3 is 5.97 Å². The quantitative estimate of drug-likeness (QED) is 0.361. The molecule has 0 fully saturated rings. The number of pyridine rings is 2. The second-order valence-electron chi connectivity index (χ2n) is 9.96. The van der Waals surface area contributed by atoms with Crippen LogP contribution in [-0.2, 0) is 39.5 Å². The Labute approximate surface area is 212 Å². The topological polar surface area (TPSA) is 131 Å². The van der Waals surface area contributed by atoms with Gasteiger partial charge in [-0.1, -0.05) is 6.92 Å². The maximum atomic E-state index is 14.9. The molecule has 4 heterocycles. The maximum absolute atomic E-state index is 14.9. The van der Waals surface area contributed by atoms with E-state index in [2.05, 4.69) is 5.32 Å². The number of amides is 1. The van der Waals surface area contributed by atoms with Crippen molar-refractivity contribution in [3.05, 3.63) is 61.7 Å². The molecule has 0 bridgehead atoms. The second-order valence-corrected chi connectivity index (χ2v) is 9.96. The number of esters is 1. The number of nitrogens with zero attached hydrogens (tertiary/aromatic N) is 2. The molecule has 1 aromatic carbocycles. The first-order valence-corrected chi connectivity index (χ1v) is 12.2. The molecule has 6 rings (SSSR count). The summed E-state index contributed by atoms with van der Waals surface area (Å²) in [6.07, 6.45) is -1.52. The summed E-state index contributed by atoms with van der Waals surface area (Å²) >= 11 is 0. The Morgan fingerprint density at radius 2 is 2.14 bits per heavy atom.